The molecule has 28 heavy (non-hydrogen) atoms. The van der Waals surface area contributed by atoms with Crippen LogP contribution in [0.1, 0.15) is 44.7 Å². The lowest BCUT2D eigenvalue weighted by molar-refractivity contribution is -0.162. The van der Waals surface area contributed by atoms with E-state index in [1.165, 1.54) is 0 Å². The molecule has 5 nitrogen and oxygen atoms in total. The highest BCUT2D eigenvalue weighted by Crippen LogP contribution is 2.20. The second kappa shape index (κ2) is 10.0. The van der Waals surface area contributed by atoms with Crippen LogP contribution in [0.2, 0.25) is 0 Å². The van der Waals surface area contributed by atoms with Crippen molar-refractivity contribution in [3.8, 4) is 0 Å². The van der Waals surface area contributed by atoms with Crippen molar-refractivity contribution in [1.29, 1.82) is 0 Å². The van der Waals surface area contributed by atoms with Crippen molar-refractivity contribution in [2.45, 2.75) is 58.3 Å². The first-order valence-corrected chi connectivity index (χ1v) is 9.51. The van der Waals surface area contributed by atoms with Gasteiger partial charge >= 0.3 is 11.9 Å². The molecule has 0 bridgehead atoms. The summed E-state index contributed by atoms with van der Waals surface area (Å²) in [6.45, 7) is 6.51. The van der Waals surface area contributed by atoms with E-state index in [9.17, 15) is 9.59 Å². The predicted molar refractivity (Wildman–Crippen MR) is 109 cm³/mol. The summed E-state index contributed by atoms with van der Waals surface area (Å²) >= 11 is 0. The first-order valence-electron chi connectivity index (χ1n) is 9.51. The number of esters is 1. The normalized spacial score (nSPS) is 12.6. The number of ether oxygens (including phenoxy) is 1. The van der Waals surface area contributed by atoms with E-state index in [1.54, 1.807) is 0 Å². The number of rotatable bonds is 9. The number of hydrogen-bond donors (Lipinski definition) is 1. The summed E-state index contributed by atoms with van der Waals surface area (Å²) in [6, 6.07) is 19.1. The van der Waals surface area contributed by atoms with Crippen LogP contribution < -0.4 is 0 Å². The summed E-state index contributed by atoms with van der Waals surface area (Å²) in [5, 5.41) is 9.17. The number of benzene rings is 2. The summed E-state index contributed by atoms with van der Waals surface area (Å²) in [5.74, 6) is -1.31. The zero-order valence-electron chi connectivity index (χ0n) is 16.8. The zero-order chi connectivity index (χ0) is 20.6. The molecular formula is C23H29NO4. The quantitative estimate of drug-likeness (QED) is 0.655. The molecule has 0 spiro atoms. The summed E-state index contributed by atoms with van der Waals surface area (Å²) in [7, 11) is 0. The monoisotopic (exact) mass is 383 g/mol. The third kappa shape index (κ3) is 7.53. The van der Waals surface area contributed by atoms with Crippen molar-refractivity contribution in [3.63, 3.8) is 0 Å². The van der Waals surface area contributed by atoms with E-state index in [0.717, 1.165) is 11.1 Å². The molecule has 2 aromatic rings. The van der Waals surface area contributed by atoms with Crippen LogP contribution in [-0.4, -0.2) is 33.6 Å². The van der Waals surface area contributed by atoms with Crippen LogP contribution in [0, 0.1) is 0 Å². The number of nitrogens with zero attached hydrogens (tertiary/aromatic N) is 1. The van der Waals surface area contributed by atoms with E-state index in [0.29, 0.717) is 13.1 Å². The SMILES string of the molecule is CC(C)(C)OC(=O)[C@H](CCC(=O)O)N(Cc1ccccc1)Cc1ccccc1. The highest BCUT2D eigenvalue weighted by molar-refractivity contribution is 5.77. The van der Waals surface area contributed by atoms with Crippen LogP contribution in [0.3, 0.4) is 0 Å². The molecule has 1 atom stereocenters. The smallest absolute Gasteiger partial charge is 0.323 e. The molecule has 0 aliphatic carbocycles. The van der Waals surface area contributed by atoms with Crippen LogP contribution in [-0.2, 0) is 27.4 Å². The minimum Gasteiger partial charge on any atom is -0.481 e. The molecular weight excluding hydrogens is 354 g/mol. The van der Waals surface area contributed by atoms with Crippen molar-refractivity contribution in [2.75, 3.05) is 0 Å². The number of carboxylic acids is 1. The third-order valence-corrected chi connectivity index (χ3v) is 4.21. The van der Waals surface area contributed by atoms with Crippen LogP contribution in [0.25, 0.3) is 0 Å². The molecule has 2 aromatic carbocycles. The summed E-state index contributed by atoms with van der Waals surface area (Å²) in [4.78, 5) is 26.1. The van der Waals surface area contributed by atoms with E-state index in [4.69, 9.17) is 9.84 Å². The van der Waals surface area contributed by atoms with Gasteiger partial charge in [-0.3, -0.25) is 14.5 Å². The second-order valence-electron chi connectivity index (χ2n) is 7.86. The Kier molecular flexibility index (Phi) is 7.76. The van der Waals surface area contributed by atoms with Crippen molar-refractivity contribution >= 4 is 11.9 Å². The zero-order valence-corrected chi connectivity index (χ0v) is 16.8. The molecule has 0 saturated heterocycles. The third-order valence-electron chi connectivity index (χ3n) is 4.21. The Morgan fingerprint density at radius 3 is 1.79 bits per heavy atom. The van der Waals surface area contributed by atoms with Gasteiger partial charge in [0.05, 0.1) is 0 Å². The number of aliphatic carboxylic acids is 1. The van der Waals surface area contributed by atoms with Crippen LogP contribution in [0.15, 0.2) is 60.7 Å². The Morgan fingerprint density at radius 2 is 1.39 bits per heavy atom. The van der Waals surface area contributed by atoms with Gasteiger partial charge in [0.15, 0.2) is 0 Å². The van der Waals surface area contributed by atoms with Gasteiger partial charge < -0.3 is 9.84 Å². The molecule has 150 valence electrons. The topological polar surface area (TPSA) is 66.8 Å². The maximum atomic E-state index is 12.9. The van der Waals surface area contributed by atoms with Gasteiger partial charge in [0.2, 0.25) is 0 Å². The Hall–Kier alpha value is -2.66. The number of carboxylic acid groups (broad SMARTS) is 1. The average molecular weight is 383 g/mol. The Labute approximate surface area is 166 Å². The van der Waals surface area contributed by atoms with E-state index in [1.807, 2.05) is 86.3 Å². The Bertz CT molecular complexity index is 712. The lowest BCUT2D eigenvalue weighted by Crippen LogP contribution is -2.44. The standard InChI is InChI=1S/C23H29NO4/c1-23(2,3)28-22(27)20(14-15-21(25)26)24(16-18-10-6-4-7-11-18)17-19-12-8-5-9-13-19/h4-13,20H,14-17H2,1-3H3,(H,25,26)/t20-/m0/s1. The predicted octanol–water partition coefficient (Wildman–Crippen LogP) is 4.26. The van der Waals surface area contributed by atoms with Gasteiger partial charge in [-0.1, -0.05) is 60.7 Å². The van der Waals surface area contributed by atoms with Gasteiger partial charge in [-0.05, 0) is 38.3 Å². The van der Waals surface area contributed by atoms with E-state index >= 15 is 0 Å². The Morgan fingerprint density at radius 1 is 0.929 bits per heavy atom. The molecule has 0 aliphatic heterocycles. The van der Waals surface area contributed by atoms with Gasteiger partial charge in [-0.25, -0.2) is 0 Å². The second-order valence-corrected chi connectivity index (χ2v) is 7.86. The summed E-state index contributed by atoms with van der Waals surface area (Å²) < 4.78 is 5.62. The maximum absolute atomic E-state index is 12.9. The highest BCUT2D eigenvalue weighted by atomic mass is 16.6. The van der Waals surface area contributed by atoms with Gasteiger partial charge in [0.1, 0.15) is 11.6 Å². The first kappa shape index (κ1) is 21.6. The van der Waals surface area contributed by atoms with E-state index in [2.05, 4.69) is 0 Å². The molecule has 5 heteroatoms. The summed E-state index contributed by atoms with van der Waals surface area (Å²) in [6.07, 6.45) is 0.105. The van der Waals surface area contributed by atoms with Gasteiger partial charge in [-0.15, -0.1) is 0 Å². The Balaban J connectivity index is 2.31. The number of hydrogen-bond acceptors (Lipinski definition) is 4. The maximum Gasteiger partial charge on any atom is 0.323 e. The molecule has 0 heterocycles. The molecule has 0 unspecified atom stereocenters. The fraction of sp³-hybridized carbons (Fsp3) is 0.391. The van der Waals surface area contributed by atoms with Gasteiger partial charge in [-0.2, -0.15) is 0 Å². The minimum absolute atomic E-state index is 0.0933. The molecule has 0 aliphatic rings. The van der Waals surface area contributed by atoms with E-state index < -0.39 is 17.6 Å². The largest absolute Gasteiger partial charge is 0.481 e. The molecule has 0 aromatic heterocycles. The van der Waals surface area contributed by atoms with E-state index in [-0.39, 0.29) is 18.8 Å². The van der Waals surface area contributed by atoms with Crippen LogP contribution in [0.4, 0.5) is 0 Å². The molecule has 0 fully saturated rings. The summed E-state index contributed by atoms with van der Waals surface area (Å²) in [5.41, 5.74) is 1.48. The first-order chi connectivity index (χ1) is 13.2. The van der Waals surface area contributed by atoms with Gasteiger partial charge in [0, 0.05) is 19.5 Å². The molecule has 0 amide bonds. The van der Waals surface area contributed by atoms with Crippen molar-refractivity contribution in [1.82, 2.24) is 4.90 Å². The van der Waals surface area contributed by atoms with Crippen LogP contribution >= 0.6 is 0 Å². The van der Waals surface area contributed by atoms with Gasteiger partial charge in [0.25, 0.3) is 0 Å². The molecule has 1 N–H and O–H groups in total. The van der Waals surface area contributed by atoms with Crippen LogP contribution in [0.5, 0.6) is 0 Å². The minimum atomic E-state index is -0.923. The lowest BCUT2D eigenvalue weighted by atomic mass is 10.1. The molecule has 0 radical (unpaired) electrons. The van der Waals surface area contributed by atoms with Crippen molar-refractivity contribution in [3.05, 3.63) is 71.8 Å². The highest BCUT2D eigenvalue weighted by Gasteiger charge is 2.31. The lowest BCUT2D eigenvalue weighted by Gasteiger charge is -2.32. The van der Waals surface area contributed by atoms with Crippen molar-refractivity contribution in [2.24, 2.45) is 0 Å². The average Bonchev–Trinajstić information content (AvgIpc) is 2.61. The number of carbonyl (C=O) groups is 2. The molecule has 0 saturated carbocycles. The number of carbonyl (C=O) groups excluding carboxylic acids is 1. The fourth-order valence-electron chi connectivity index (χ4n) is 2.99. The van der Waals surface area contributed by atoms with Crippen molar-refractivity contribution < 1.29 is 19.4 Å². The molecule has 2 rings (SSSR count). The fourth-order valence-corrected chi connectivity index (χ4v) is 2.99.